The zero-order valence-electron chi connectivity index (χ0n) is 10.2. The molecule has 2 aromatic rings. The zero-order chi connectivity index (χ0) is 14.7. The summed E-state index contributed by atoms with van der Waals surface area (Å²) in [6, 6.07) is 4.86. The second-order valence-corrected chi connectivity index (χ2v) is 4.07. The largest absolute Gasteiger partial charge is 0.497 e. The highest BCUT2D eigenvalue weighted by atomic mass is 35.5. The van der Waals surface area contributed by atoms with Crippen molar-refractivity contribution in [1.82, 2.24) is 4.98 Å². The van der Waals surface area contributed by atoms with E-state index in [1.54, 1.807) is 0 Å². The van der Waals surface area contributed by atoms with Gasteiger partial charge in [0, 0.05) is 18.3 Å². The molecule has 8 heteroatoms. The van der Waals surface area contributed by atoms with Gasteiger partial charge in [0.2, 0.25) is 5.75 Å². The van der Waals surface area contributed by atoms with Crippen LogP contribution in [0.4, 0.5) is 10.1 Å². The summed E-state index contributed by atoms with van der Waals surface area (Å²) in [5.74, 6) is -1.08. The van der Waals surface area contributed by atoms with Crippen molar-refractivity contribution in [2.24, 2.45) is 0 Å². The van der Waals surface area contributed by atoms with Crippen LogP contribution in [0.2, 0.25) is 5.02 Å². The van der Waals surface area contributed by atoms with Crippen molar-refractivity contribution in [2.75, 3.05) is 7.11 Å². The van der Waals surface area contributed by atoms with Gasteiger partial charge in [-0.15, -0.1) is 0 Å². The van der Waals surface area contributed by atoms with E-state index in [1.807, 2.05) is 0 Å². The monoisotopic (exact) mass is 298 g/mol. The minimum atomic E-state index is -0.824. The lowest BCUT2D eigenvalue weighted by Gasteiger charge is -2.08. The predicted molar refractivity (Wildman–Crippen MR) is 68.9 cm³/mol. The maximum absolute atomic E-state index is 13.6. The van der Waals surface area contributed by atoms with Crippen molar-refractivity contribution in [3.63, 3.8) is 0 Å². The smallest absolute Gasteiger partial charge is 0.311 e. The van der Waals surface area contributed by atoms with Gasteiger partial charge < -0.3 is 9.47 Å². The number of benzene rings is 1. The Bertz CT molecular complexity index is 666. The molecule has 0 bridgehead atoms. The van der Waals surface area contributed by atoms with Crippen molar-refractivity contribution in [2.45, 2.75) is 0 Å². The molecule has 0 unspecified atom stereocenters. The van der Waals surface area contributed by atoms with E-state index in [1.165, 1.54) is 31.5 Å². The first kappa shape index (κ1) is 14.0. The molecular formula is C12H8ClFN2O4. The summed E-state index contributed by atoms with van der Waals surface area (Å²) in [7, 11) is 1.39. The number of rotatable bonds is 4. The number of nitro groups is 1. The average molecular weight is 299 g/mol. The third kappa shape index (κ3) is 2.94. The molecule has 0 saturated heterocycles. The van der Waals surface area contributed by atoms with Gasteiger partial charge in [0.15, 0.2) is 5.82 Å². The first-order chi connectivity index (χ1) is 9.51. The molecule has 1 heterocycles. The number of halogens is 2. The lowest BCUT2D eigenvalue weighted by molar-refractivity contribution is -0.385. The van der Waals surface area contributed by atoms with Gasteiger partial charge in [0.1, 0.15) is 5.75 Å². The Labute approximate surface area is 117 Å². The van der Waals surface area contributed by atoms with Gasteiger partial charge in [0.25, 0.3) is 5.88 Å². The van der Waals surface area contributed by atoms with E-state index >= 15 is 0 Å². The van der Waals surface area contributed by atoms with E-state index in [9.17, 15) is 14.5 Å². The van der Waals surface area contributed by atoms with Gasteiger partial charge in [0.05, 0.1) is 17.1 Å². The van der Waals surface area contributed by atoms with Gasteiger partial charge >= 0.3 is 5.69 Å². The SMILES string of the molecule is COc1ccc([N+](=O)[O-])c(Oc2ncc(Cl)cc2F)c1. The second kappa shape index (κ2) is 5.70. The number of nitro benzene ring substituents is 1. The quantitative estimate of drug-likeness (QED) is 0.637. The maximum atomic E-state index is 13.6. The third-order valence-electron chi connectivity index (χ3n) is 2.34. The number of nitrogens with zero attached hydrogens (tertiary/aromatic N) is 2. The summed E-state index contributed by atoms with van der Waals surface area (Å²) in [5.41, 5.74) is -0.332. The number of methoxy groups -OCH3 is 1. The second-order valence-electron chi connectivity index (χ2n) is 3.63. The number of pyridine rings is 1. The molecule has 1 aromatic heterocycles. The standard InChI is InChI=1S/C12H8ClFN2O4/c1-19-8-2-3-10(16(17)18)11(5-8)20-12-9(14)4-7(13)6-15-12/h2-6H,1H3. The Kier molecular flexibility index (Phi) is 3.99. The lowest BCUT2D eigenvalue weighted by atomic mass is 10.3. The fourth-order valence-corrected chi connectivity index (χ4v) is 1.58. The molecule has 0 aliphatic carbocycles. The maximum Gasteiger partial charge on any atom is 0.311 e. The van der Waals surface area contributed by atoms with Gasteiger partial charge in [-0.3, -0.25) is 10.1 Å². The van der Waals surface area contributed by atoms with E-state index in [-0.39, 0.29) is 16.5 Å². The molecule has 0 amide bonds. The van der Waals surface area contributed by atoms with E-state index in [2.05, 4.69) is 4.98 Å². The van der Waals surface area contributed by atoms with Gasteiger partial charge in [-0.1, -0.05) is 11.6 Å². The van der Waals surface area contributed by atoms with Gasteiger partial charge in [-0.2, -0.15) is 0 Å². The number of hydrogen-bond donors (Lipinski definition) is 0. The molecule has 0 aliphatic rings. The Hall–Kier alpha value is -2.41. The fourth-order valence-electron chi connectivity index (χ4n) is 1.44. The van der Waals surface area contributed by atoms with Crippen molar-refractivity contribution in [3.05, 3.63) is 51.4 Å². The van der Waals surface area contributed by atoms with Crippen LogP contribution in [0.5, 0.6) is 17.4 Å². The average Bonchev–Trinajstić information content (AvgIpc) is 2.41. The zero-order valence-corrected chi connectivity index (χ0v) is 10.9. The van der Waals surface area contributed by atoms with Crippen LogP contribution < -0.4 is 9.47 Å². The van der Waals surface area contributed by atoms with Crippen LogP contribution in [0.15, 0.2) is 30.5 Å². The van der Waals surface area contributed by atoms with Gasteiger partial charge in [-0.25, -0.2) is 9.37 Å². The number of aromatic nitrogens is 1. The molecule has 0 aliphatic heterocycles. The summed E-state index contributed by atoms with van der Waals surface area (Å²) >= 11 is 5.56. The van der Waals surface area contributed by atoms with E-state index in [4.69, 9.17) is 21.1 Å². The van der Waals surface area contributed by atoms with Crippen LogP contribution in [-0.4, -0.2) is 17.0 Å². The summed E-state index contributed by atoms with van der Waals surface area (Å²) in [6.07, 6.45) is 1.17. The highest BCUT2D eigenvalue weighted by Crippen LogP contribution is 2.35. The summed E-state index contributed by atoms with van der Waals surface area (Å²) < 4.78 is 23.6. The molecule has 0 saturated carbocycles. The molecule has 2 rings (SSSR count). The third-order valence-corrected chi connectivity index (χ3v) is 2.55. The van der Waals surface area contributed by atoms with E-state index in [0.29, 0.717) is 5.75 Å². The molecule has 0 N–H and O–H groups in total. The highest BCUT2D eigenvalue weighted by molar-refractivity contribution is 6.30. The molecule has 20 heavy (non-hydrogen) atoms. The summed E-state index contributed by atoms with van der Waals surface area (Å²) in [5, 5.41) is 11.0. The van der Waals surface area contributed by atoms with Gasteiger partial charge in [-0.05, 0) is 12.1 Å². The van der Waals surface area contributed by atoms with Crippen LogP contribution in [0.1, 0.15) is 0 Å². The van der Waals surface area contributed by atoms with Crippen LogP contribution in [0.25, 0.3) is 0 Å². The lowest BCUT2D eigenvalue weighted by Crippen LogP contribution is -1.97. The number of ether oxygens (including phenoxy) is 2. The minimum Gasteiger partial charge on any atom is -0.497 e. The summed E-state index contributed by atoms with van der Waals surface area (Å²) in [4.78, 5) is 13.9. The van der Waals surface area contributed by atoms with Crippen molar-refractivity contribution in [3.8, 4) is 17.4 Å². The topological polar surface area (TPSA) is 74.5 Å². The molecule has 1 aromatic carbocycles. The summed E-state index contributed by atoms with van der Waals surface area (Å²) in [6.45, 7) is 0. The number of hydrogen-bond acceptors (Lipinski definition) is 5. The van der Waals surface area contributed by atoms with Crippen molar-refractivity contribution >= 4 is 17.3 Å². The van der Waals surface area contributed by atoms with Crippen molar-refractivity contribution in [1.29, 1.82) is 0 Å². The van der Waals surface area contributed by atoms with E-state index < -0.39 is 16.6 Å². The van der Waals surface area contributed by atoms with Crippen LogP contribution in [0, 0.1) is 15.9 Å². The Morgan fingerprint density at radius 3 is 2.75 bits per heavy atom. The molecular weight excluding hydrogens is 291 g/mol. The molecule has 104 valence electrons. The van der Waals surface area contributed by atoms with Crippen LogP contribution in [0.3, 0.4) is 0 Å². The highest BCUT2D eigenvalue weighted by Gasteiger charge is 2.19. The van der Waals surface area contributed by atoms with Crippen molar-refractivity contribution < 1.29 is 18.8 Å². The first-order valence-electron chi connectivity index (χ1n) is 5.32. The molecule has 0 fully saturated rings. The fraction of sp³-hybridized carbons (Fsp3) is 0.0833. The molecule has 0 spiro atoms. The molecule has 0 atom stereocenters. The molecule has 0 radical (unpaired) electrons. The van der Waals surface area contributed by atoms with Crippen LogP contribution in [-0.2, 0) is 0 Å². The van der Waals surface area contributed by atoms with E-state index in [0.717, 1.165) is 6.07 Å². The predicted octanol–water partition coefficient (Wildman–Crippen LogP) is 3.58. The van der Waals surface area contributed by atoms with Crippen LogP contribution >= 0.6 is 11.6 Å². The Morgan fingerprint density at radius 2 is 2.15 bits per heavy atom. The first-order valence-corrected chi connectivity index (χ1v) is 5.70. The minimum absolute atomic E-state index is 0.0926. The Morgan fingerprint density at radius 1 is 1.40 bits per heavy atom. The molecule has 6 nitrogen and oxygen atoms in total. The Balaban J connectivity index is 2.43. The normalized spacial score (nSPS) is 10.2.